The fraction of sp³-hybridized carbons (Fsp3) is 0.238. The molecule has 0 unspecified atom stereocenters. The first kappa shape index (κ1) is 18.5. The number of pyridine rings is 1. The Morgan fingerprint density at radius 1 is 1.07 bits per heavy atom. The molecule has 0 atom stereocenters. The van der Waals surface area contributed by atoms with E-state index in [-0.39, 0.29) is 11.3 Å². The molecule has 27 heavy (non-hydrogen) atoms. The van der Waals surface area contributed by atoms with Crippen molar-refractivity contribution in [2.24, 2.45) is 0 Å². The van der Waals surface area contributed by atoms with Crippen molar-refractivity contribution in [2.45, 2.75) is 32.7 Å². The number of aromatic nitrogens is 3. The normalized spacial score (nSPS) is 11.1. The molecule has 6 nitrogen and oxygen atoms in total. The molecule has 3 aromatic rings. The first-order valence-electron chi connectivity index (χ1n) is 8.78. The summed E-state index contributed by atoms with van der Waals surface area (Å²) >= 11 is 0. The minimum Gasteiger partial charge on any atom is -0.366 e. The highest BCUT2D eigenvalue weighted by Gasteiger charge is 2.14. The SMILES string of the molecule is CC(C)(C)c1ccc(NC(=O)c2cc(NCc3cccnc3)ncn2)cc1. The molecule has 0 fully saturated rings. The van der Waals surface area contributed by atoms with Crippen molar-refractivity contribution >= 4 is 17.4 Å². The second-order valence-corrected chi connectivity index (χ2v) is 7.28. The van der Waals surface area contributed by atoms with Crippen LogP contribution >= 0.6 is 0 Å². The Hall–Kier alpha value is -3.28. The number of anilines is 2. The predicted octanol–water partition coefficient (Wildman–Crippen LogP) is 4.03. The minimum absolute atomic E-state index is 0.0735. The standard InChI is InChI=1S/C21H23N5O/c1-21(2,3)16-6-8-17(9-7-16)26-20(27)18-11-19(25-14-24-18)23-13-15-5-4-10-22-12-15/h4-12,14H,13H2,1-3H3,(H,26,27)(H,23,24,25). The molecule has 0 saturated carbocycles. The van der Waals surface area contributed by atoms with Crippen LogP contribution in [0.2, 0.25) is 0 Å². The summed E-state index contributed by atoms with van der Waals surface area (Å²) in [5, 5.41) is 6.04. The van der Waals surface area contributed by atoms with Gasteiger partial charge in [-0.3, -0.25) is 9.78 Å². The summed E-state index contributed by atoms with van der Waals surface area (Å²) in [5.74, 6) is 0.312. The molecule has 6 heteroatoms. The van der Waals surface area contributed by atoms with E-state index in [1.165, 1.54) is 11.9 Å². The first-order valence-corrected chi connectivity index (χ1v) is 8.78. The Balaban J connectivity index is 1.64. The van der Waals surface area contributed by atoms with E-state index in [2.05, 4.69) is 46.4 Å². The molecule has 0 bridgehead atoms. The van der Waals surface area contributed by atoms with Crippen molar-refractivity contribution < 1.29 is 4.79 Å². The van der Waals surface area contributed by atoms with Crippen molar-refractivity contribution in [3.63, 3.8) is 0 Å². The third kappa shape index (κ3) is 5.10. The molecule has 0 aliphatic heterocycles. The lowest BCUT2D eigenvalue weighted by Gasteiger charge is -2.19. The average Bonchev–Trinajstić information content (AvgIpc) is 2.67. The van der Waals surface area contributed by atoms with Crippen LogP contribution in [0.5, 0.6) is 0 Å². The number of nitrogens with one attached hydrogen (secondary N) is 2. The quantitative estimate of drug-likeness (QED) is 0.717. The molecule has 0 spiro atoms. The van der Waals surface area contributed by atoms with Gasteiger partial charge in [-0.1, -0.05) is 39.0 Å². The molecule has 0 radical (unpaired) electrons. The van der Waals surface area contributed by atoms with Crippen LogP contribution < -0.4 is 10.6 Å². The Bertz CT molecular complexity index is 902. The van der Waals surface area contributed by atoms with Crippen LogP contribution in [0.15, 0.2) is 61.2 Å². The summed E-state index contributed by atoms with van der Waals surface area (Å²) in [6.07, 6.45) is 4.89. The molecule has 3 rings (SSSR count). The zero-order valence-electron chi connectivity index (χ0n) is 15.7. The number of carbonyl (C=O) groups excluding carboxylic acids is 1. The van der Waals surface area contributed by atoms with Gasteiger partial charge in [-0.25, -0.2) is 9.97 Å². The van der Waals surface area contributed by atoms with Crippen molar-refractivity contribution in [3.8, 4) is 0 Å². The molecular formula is C21H23N5O. The van der Waals surface area contributed by atoms with Gasteiger partial charge in [0.1, 0.15) is 17.8 Å². The maximum atomic E-state index is 12.5. The van der Waals surface area contributed by atoms with E-state index < -0.39 is 0 Å². The summed E-state index contributed by atoms with van der Waals surface area (Å²) in [4.78, 5) is 24.8. The van der Waals surface area contributed by atoms with Crippen LogP contribution in [0.3, 0.4) is 0 Å². The van der Waals surface area contributed by atoms with E-state index in [1.807, 2.05) is 36.4 Å². The number of amides is 1. The lowest BCUT2D eigenvalue weighted by molar-refractivity contribution is 0.102. The molecule has 2 aromatic heterocycles. The Kier molecular flexibility index (Phi) is 5.45. The lowest BCUT2D eigenvalue weighted by Crippen LogP contribution is -2.15. The summed E-state index contributed by atoms with van der Waals surface area (Å²) in [6, 6.07) is 13.3. The van der Waals surface area contributed by atoms with Gasteiger partial charge >= 0.3 is 0 Å². The number of carbonyl (C=O) groups is 1. The number of benzene rings is 1. The largest absolute Gasteiger partial charge is 0.366 e. The second-order valence-electron chi connectivity index (χ2n) is 7.28. The molecule has 138 valence electrons. The second kappa shape index (κ2) is 7.95. The highest BCUT2D eigenvalue weighted by molar-refractivity contribution is 6.03. The molecular weight excluding hydrogens is 338 g/mol. The van der Waals surface area contributed by atoms with Crippen molar-refractivity contribution in [1.29, 1.82) is 0 Å². The third-order valence-electron chi connectivity index (χ3n) is 4.10. The molecule has 0 saturated heterocycles. The van der Waals surface area contributed by atoms with Crippen LogP contribution in [0.4, 0.5) is 11.5 Å². The predicted molar refractivity (Wildman–Crippen MR) is 107 cm³/mol. The van der Waals surface area contributed by atoms with Gasteiger partial charge in [0.05, 0.1) is 0 Å². The van der Waals surface area contributed by atoms with Gasteiger partial charge in [0.25, 0.3) is 5.91 Å². The number of rotatable bonds is 5. The Morgan fingerprint density at radius 2 is 1.85 bits per heavy atom. The molecule has 1 amide bonds. The molecule has 2 heterocycles. The van der Waals surface area contributed by atoms with E-state index in [9.17, 15) is 4.79 Å². The summed E-state index contributed by atoms with van der Waals surface area (Å²) in [6.45, 7) is 7.03. The van der Waals surface area contributed by atoms with Gasteiger partial charge in [0, 0.05) is 30.7 Å². The monoisotopic (exact) mass is 361 g/mol. The van der Waals surface area contributed by atoms with E-state index in [0.717, 1.165) is 11.3 Å². The van der Waals surface area contributed by atoms with E-state index in [1.54, 1.807) is 18.5 Å². The summed E-state index contributed by atoms with van der Waals surface area (Å²) in [5.41, 5.74) is 3.35. The van der Waals surface area contributed by atoms with Crippen molar-refractivity contribution in [2.75, 3.05) is 10.6 Å². The van der Waals surface area contributed by atoms with Gasteiger partial charge in [0.15, 0.2) is 0 Å². The fourth-order valence-corrected chi connectivity index (χ4v) is 2.52. The lowest BCUT2D eigenvalue weighted by atomic mass is 9.87. The van der Waals surface area contributed by atoms with E-state index >= 15 is 0 Å². The maximum Gasteiger partial charge on any atom is 0.274 e. The van der Waals surface area contributed by atoms with Gasteiger partial charge in [0.2, 0.25) is 0 Å². The fourth-order valence-electron chi connectivity index (χ4n) is 2.52. The molecule has 0 aliphatic carbocycles. The first-order chi connectivity index (χ1) is 12.9. The smallest absolute Gasteiger partial charge is 0.274 e. The minimum atomic E-state index is -0.273. The zero-order valence-corrected chi connectivity index (χ0v) is 15.7. The van der Waals surface area contributed by atoms with Crippen molar-refractivity contribution in [3.05, 3.63) is 78.0 Å². The molecule has 1 aromatic carbocycles. The highest BCUT2D eigenvalue weighted by atomic mass is 16.1. The Morgan fingerprint density at radius 3 is 2.52 bits per heavy atom. The van der Waals surface area contributed by atoms with Crippen LogP contribution in [-0.4, -0.2) is 20.9 Å². The van der Waals surface area contributed by atoms with Crippen LogP contribution in [-0.2, 0) is 12.0 Å². The van der Waals surface area contributed by atoms with Gasteiger partial charge in [-0.15, -0.1) is 0 Å². The van der Waals surface area contributed by atoms with Crippen LogP contribution in [0.25, 0.3) is 0 Å². The Labute approximate surface area is 159 Å². The average molecular weight is 361 g/mol. The van der Waals surface area contributed by atoms with Gasteiger partial charge in [-0.2, -0.15) is 0 Å². The molecule has 2 N–H and O–H groups in total. The number of nitrogens with zero attached hydrogens (tertiary/aromatic N) is 3. The third-order valence-corrected chi connectivity index (χ3v) is 4.10. The topological polar surface area (TPSA) is 79.8 Å². The van der Waals surface area contributed by atoms with Crippen LogP contribution in [0, 0.1) is 0 Å². The molecule has 0 aliphatic rings. The van der Waals surface area contributed by atoms with Crippen LogP contribution in [0.1, 0.15) is 42.4 Å². The van der Waals surface area contributed by atoms with Gasteiger partial charge in [-0.05, 0) is 34.7 Å². The van der Waals surface area contributed by atoms with Gasteiger partial charge < -0.3 is 10.6 Å². The number of hydrogen-bond donors (Lipinski definition) is 2. The highest BCUT2D eigenvalue weighted by Crippen LogP contribution is 2.23. The summed E-state index contributed by atoms with van der Waals surface area (Å²) in [7, 11) is 0. The van der Waals surface area contributed by atoms with E-state index in [0.29, 0.717) is 18.1 Å². The van der Waals surface area contributed by atoms with E-state index in [4.69, 9.17) is 0 Å². The zero-order chi connectivity index (χ0) is 19.3. The van der Waals surface area contributed by atoms with Crippen molar-refractivity contribution in [1.82, 2.24) is 15.0 Å². The summed E-state index contributed by atoms with van der Waals surface area (Å²) < 4.78 is 0. The maximum absolute atomic E-state index is 12.5. The number of hydrogen-bond acceptors (Lipinski definition) is 5.